The highest BCUT2D eigenvalue weighted by Crippen LogP contribution is 2.30. The Morgan fingerprint density at radius 2 is 2.10 bits per heavy atom. The Morgan fingerprint density at radius 1 is 1.35 bits per heavy atom. The van der Waals surface area contributed by atoms with E-state index in [1.54, 1.807) is 6.07 Å². The van der Waals surface area contributed by atoms with E-state index in [9.17, 15) is 23.6 Å². The lowest BCUT2D eigenvalue weighted by molar-refractivity contribution is -0.130. The summed E-state index contributed by atoms with van der Waals surface area (Å²) in [4.78, 5) is 54.8. The Balaban J connectivity index is 1.65. The van der Waals surface area contributed by atoms with E-state index in [4.69, 9.17) is 4.74 Å². The molecule has 31 heavy (non-hydrogen) atoms. The molecule has 1 saturated heterocycles. The van der Waals surface area contributed by atoms with Gasteiger partial charge in [-0.2, -0.15) is 0 Å². The minimum atomic E-state index is -1.05. The number of hydrogen-bond acceptors (Lipinski definition) is 7. The number of amides is 4. The number of esters is 1. The molecule has 1 atom stereocenters. The standard InChI is InChI=1S/C20H21FN4O5S/c1-10(2)16-15(18(28)30-3)24-19(31-16)23-14(26)8-13-17(27)25(20(29)22-13)9-11-5-4-6-12(21)7-11/h4-7,10,13H,8-9H2,1-3H3,(H,22,29)(H,23,24,26). The van der Waals surface area contributed by atoms with Crippen LogP contribution in [0, 0.1) is 5.82 Å². The largest absolute Gasteiger partial charge is 0.464 e. The summed E-state index contributed by atoms with van der Waals surface area (Å²) in [7, 11) is 1.24. The van der Waals surface area contributed by atoms with Gasteiger partial charge in [0.1, 0.15) is 11.9 Å². The minimum absolute atomic E-state index is 0.00988. The van der Waals surface area contributed by atoms with Gasteiger partial charge in [-0.3, -0.25) is 14.5 Å². The fourth-order valence-corrected chi connectivity index (χ4v) is 4.03. The van der Waals surface area contributed by atoms with E-state index in [2.05, 4.69) is 15.6 Å². The number of aromatic nitrogens is 1. The predicted octanol–water partition coefficient (Wildman–Crippen LogP) is 2.64. The van der Waals surface area contributed by atoms with Crippen molar-refractivity contribution >= 4 is 40.3 Å². The summed E-state index contributed by atoms with van der Waals surface area (Å²) in [6.07, 6.45) is -0.311. The van der Waals surface area contributed by atoms with Gasteiger partial charge < -0.3 is 15.4 Å². The van der Waals surface area contributed by atoms with Crippen LogP contribution in [0.2, 0.25) is 0 Å². The van der Waals surface area contributed by atoms with E-state index in [-0.39, 0.29) is 29.7 Å². The van der Waals surface area contributed by atoms with Crippen molar-refractivity contribution in [2.45, 2.75) is 38.8 Å². The smallest absolute Gasteiger partial charge is 0.357 e. The van der Waals surface area contributed by atoms with Crippen LogP contribution in [0.3, 0.4) is 0 Å². The lowest BCUT2D eigenvalue weighted by Crippen LogP contribution is -2.34. The highest BCUT2D eigenvalue weighted by Gasteiger charge is 2.39. The van der Waals surface area contributed by atoms with Gasteiger partial charge in [0.05, 0.1) is 20.1 Å². The number of ether oxygens (including phenoxy) is 1. The van der Waals surface area contributed by atoms with Crippen LogP contribution < -0.4 is 10.6 Å². The first-order valence-electron chi connectivity index (χ1n) is 9.44. The van der Waals surface area contributed by atoms with Crippen LogP contribution in [0.25, 0.3) is 0 Å². The highest BCUT2D eigenvalue weighted by molar-refractivity contribution is 7.16. The number of methoxy groups -OCH3 is 1. The molecule has 1 fully saturated rings. The molecule has 9 nitrogen and oxygen atoms in total. The second-order valence-electron chi connectivity index (χ2n) is 7.19. The zero-order valence-corrected chi connectivity index (χ0v) is 17.9. The fraction of sp³-hybridized carbons (Fsp3) is 0.350. The highest BCUT2D eigenvalue weighted by atomic mass is 32.1. The first-order chi connectivity index (χ1) is 14.7. The average Bonchev–Trinajstić information content (AvgIpc) is 3.24. The number of anilines is 1. The van der Waals surface area contributed by atoms with E-state index in [0.717, 1.165) is 16.2 Å². The monoisotopic (exact) mass is 448 g/mol. The molecule has 0 saturated carbocycles. The fourth-order valence-electron chi connectivity index (χ4n) is 3.06. The lowest BCUT2D eigenvalue weighted by Gasteiger charge is -2.13. The van der Waals surface area contributed by atoms with Crippen LogP contribution >= 0.6 is 11.3 Å². The van der Waals surface area contributed by atoms with E-state index in [1.807, 2.05) is 13.8 Å². The third-order valence-electron chi connectivity index (χ3n) is 4.53. The molecule has 4 amide bonds. The van der Waals surface area contributed by atoms with Crippen molar-refractivity contribution in [1.29, 1.82) is 0 Å². The summed E-state index contributed by atoms with van der Waals surface area (Å²) < 4.78 is 18.1. The zero-order valence-electron chi connectivity index (χ0n) is 17.1. The number of imide groups is 1. The molecule has 0 spiro atoms. The van der Waals surface area contributed by atoms with Gasteiger partial charge in [-0.1, -0.05) is 26.0 Å². The summed E-state index contributed by atoms with van der Waals surface area (Å²) in [5.74, 6) is -2.22. The first kappa shape index (κ1) is 22.3. The van der Waals surface area contributed by atoms with E-state index in [0.29, 0.717) is 10.4 Å². The van der Waals surface area contributed by atoms with Crippen molar-refractivity contribution < 1.29 is 28.3 Å². The molecule has 0 radical (unpaired) electrons. The topological polar surface area (TPSA) is 118 Å². The van der Waals surface area contributed by atoms with Gasteiger partial charge in [0.15, 0.2) is 10.8 Å². The number of carbonyl (C=O) groups excluding carboxylic acids is 4. The molecule has 0 bridgehead atoms. The number of thiazole rings is 1. The number of carbonyl (C=O) groups is 4. The molecule has 1 aliphatic heterocycles. The van der Waals surface area contributed by atoms with Crippen LogP contribution in [0.1, 0.15) is 47.1 Å². The molecule has 164 valence electrons. The summed E-state index contributed by atoms with van der Waals surface area (Å²) in [5, 5.41) is 5.22. The van der Waals surface area contributed by atoms with Gasteiger partial charge in [0, 0.05) is 4.88 Å². The second-order valence-corrected chi connectivity index (χ2v) is 8.22. The molecule has 1 unspecified atom stereocenters. The molecular formula is C20H21FN4O5S. The van der Waals surface area contributed by atoms with Crippen LogP contribution in [-0.2, 0) is 20.9 Å². The van der Waals surface area contributed by atoms with Crippen LogP contribution in [0.15, 0.2) is 24.3 Å². The molecule has 2 aromatic rings. The first-order valence-corrected chi connectivity index (χ1v) is 10.3. The molecule has 1 aromatic carbocycles. The number of nitrogens with one attached hydrogen (secondary N) is 2. The molecule has 3 rings (SSSR count). The summed E-state index contributed by atoms with van der Waals surface area (Å²) in [6, 6.07) is 3.86. The molecule has 2 heterocycles. The molecule has 1 aliphatic rings. The molecule has 0 aliphatic carbocycles. The van der Waals surface area contributed by atoms with Crippen molar-refractivity contribution in [1.82, 2.24) is 15.2 Å². The van der Waals surface area contributed by atoms with Crippen LogP contribution in [0.4, 0.5) is 14.3 Å². The average molecular weight is 448 g/mol. The van der Waals surface area contributed by atoms with Crippen LogP contribution in [0.5, 0.6) is 0 Å². The second kappa shape index (κ2) is 9.21. The maximum atomic E-state index is 13.4. The SMILES string of the molecule is COC(=O)c1nc(NC(=O)CC2NC(=O)N(Cc3cccc(F)c3)C2=O)sc1C(C)C. The van der Waals surface area contributed by atoms with Crippen LogP contribution in [-0.4, -0.2) is 46.9 Å². The maximum Gasteiger partial charge on any atom is 0.357 e. The number of hydrogen-bond donors (Lipinski definition) is 2. The quantitative estimate of drug-likeness (QED) is 0.497. The zero-order chi connectivity index (χ0) is 22.7. The Labute approximate surface area is 181 Å². The van der Waals surface area contributed by atoms with Gasteiger partial charge in [-0.15, -0.1) is 11.3 Å². The van der Waals surface area contributed by atoms with Gasteiger partial charge in [-0.25, -0.2) is 19.0 Å². The summed E-state index contributed by atoms with van der Waals surface area (Å²) >= 11 is 1.14. The number of urea groups is 1. The summed E-state index contributed by atoms with van der Waals surface area (Å²) in [6.45, 7) is 3.66. The molecule has 1 aromatic heterocycles. The number of rotatable bonds is 7. The van der Waals surface area contributed by atoms with Gasteiger partial charge in [0.25, 0.3) is 5.91 Å². The van der Waals surface area contributed by atoms with Crippen molar-refractivity contribution in [2.24, 2.45) is 0 Å². The van der Waals surface area contributed by atoms with Crippen molar-refractivity contribution in [3.63, 3.8) is 0 Å². The Kier molecular flexibility index (Phi) is 6.64. The van der Waals surface area contributed by atoms with Gasteiger partial charge in [0.2, 0.25) is 5.91 Å². The Morgan fingerprint density at radius 3 is 2.74 bits per heavy atom. The number of benzene rings is 1. The van der Waals surface area contributed by atoms with E-state index >= 15 is 0 Å². The predicted molar refractivity (Wildman–Crippen MR) is 110 cm³/mol. The third kappa shape index (κ3) is 5.05. The van der Waals surface area contributed by atoms with Crippen molar-refractivity contribution in [2.75, 3.05) is 12.4 Å². The number of nitrogens with zero attached hydrogens (tertiary/aromatic N) is 2. The maximum absolute atomic E-state index is 13.4. The summed E-state index contributed by atoms with van der Waals surface area (Å²) in [5.41, 5.74) is 0.581. The normalized spacial score (nSPS) is 15.9. The Bertz CT molecular complexity index is 1040. The van der Waals surface area contributed by atoms with Crippen molar-refractivity contribution in [3.05, 3.63) is 46.2 Å². The molecule has 11 heteroatoms. The van der Waals surface area contributed by atoms with E-state index in [1.165, 1.54) is 25.3 Å². The van der Waals surface area contributed by atoms with Gasteiger partial charge in [-0.05, 0) is 23.6 Å². The third-order valence-corrected chi connectivity index (χ3v) is 5.80. The lowest BCUT2D eigenvalue weighted by atomic mass is 10.1. The van der Waals surface area contributed by atoms with Crippen molar-refractivity contribution in [3.8, 4) is 0 Å². The molecular weight excluding hydrogens is 427 g/mol. The van der Waals surface area contributed by atoms with Gasteiger partial charge >= 0.3 is 12.0 Å². The molecule has 2 N–H and O–H groups in total. The minimum Gasteiger partial charge on any atom is -0.464 e. The Hall–Kier alpha value is -3.34. The van der Waals surface area contributed by atoms with E-state index < -0.39 is 35.7 Å². The number of halogens is 1.